The summed E-state index contributed by atoms with van der Waals surface area (Å²) in [6.45, 7) is 3.70. The Morgan fingerprint density at radius 3 is 2.59 bits per heavy atom. The molecule has 0 aromatic heterocycles. The van der Waals surface area contributed by atoms with Gasteiger partial charge in [0.2, 0.25) is 0 Å². The first-order valence-electron chi connectivity index (χ1n) is 9.25. The van der Waals surface area contributed by atoms with E-state index in [-0.39, 0.29) is 12.5 Å². The van der Waals surface area contributed by atoms with Crippen LogP contribution in [0.1, 0.15) is 30.4 Å². The highest BCUT2D eigenvalue weighted by atomic mass is 35.5. The summed E-state index contributed by atoms with van der Waals surface area (Å²) in [4.78, 5) is 14.5. The quantitative estimate of drug-likeness (QED) is 0.725. The number of hydrogen-bond acceptors (Lipinski definition) is 3. The number of carbonyl (C=O) groups is 1. The molecule has 6 heteroatoms. The summed E-state index contributed by atoms with van der Waals surface area (Å²) >= 11 is 11.9. The summed E-state index contributed by atoms with van der Waals surface area (Å²) < 4.78 is 5.46. The number of piperidine rings is 1. The van der Waals surface area contributed by atoms with Gasteiger partial charge in [0.1, 0.15) is 5.75 Å². The average molecular weight is 407 g/mol. The van der Waals surface area contributed by atoms with Crippen molar-refractivity contribution in [3.05, 3.63) is 63.6 Å². The van der Waals surface area contributed by atoms with Gasteiger partial charge in [0, 0.05) is 18.1 Å². The predicted molar refractivity (Wildman–Crippen MR) is 109 cm³/mol. The molecule has 144 valence electrons. The Morgan fingerprint density at radius 2 is 1.81 bits per heavy atom. The third-order valence-corrected chi connectivity index (χ3v) is 5.12. The molecular formula is C21H24Cl2N2O2. The van der Waals surface area contributed by atoms with Crippen LogP contribution in [0.2, 0.25) is 10.0 Å². The number of ether oxygens (including phenoxy) is 1. The van der Waals surface area contributed by atoms with E-state index in [0.29, 0.717) is 22.3 Å². The van der Waals surface area contributed by atoms with Crippen LogP contribution in [0.3, 0.4) is 0 Å². The van der Waals surface area contributed by atoms with Crippen molar-refractivity contribution in [3.63, 3.8) is 0 Å². The van der Waals surface area contributed by atoms with Gasteiger partial charge in [-0.3, -0.25) is 9.69 Å². The molecule has 1 N–H and O–H groups in total. The largest absolute Gasteiger partial charge is 0.482 e. The molecule has 2 aromatic rings. The number of likely N-dealkylation sites (tertiary alicyclic amines) is 1. The monoisotopic (exact) mass is 406 g/mol. The molecule has 1 aliphatic rings. The van der Waals surface area contributed by atoms with Gasteiger partial charge in [0.15, 0.2) is 6.61 Å². The first-order chi connectivity index (χ1) is 13.1. The number of hydrogen-bond donors (Lipinski definition) is 1. The zero-order valence-corrected chi connectivity index (χ0v) is 16.7. The average Bonchev–Trinajstić information content (AvgIpc) is 2.67. The van der Waals surface area contributed by atoms with Crippen LogP contribution in [0.4, 0.5) is 0 Å². The Hall–Kier alpha value is -1.75. The van der Waals surface area contributed by atoms with Crippen molar-refractivity contribution in [1.82, 2.24) is 10.2 Å². The van der Waals surface area contributed by atoms with E-state index in [1.807, 2.05) is 12.1 Å². The topological polar surface area (TPSA) is 41.6 Å². The molecule has 4 nitrogen and oxygen atoms in total. The lowest BCUT2D eigenvalue weighted by atomic mass is 10.1. The standard InChI is InChI=1S/C21H24Cl2N2O2/c22-18-7-8-20(19(23)12-18)27-15-21(26)24-13-16-5-4-6-17(11-16)14-25-9-2-1-3-10-25/h4-8,11-12H,1-3,9-10,13-15H2,(H,24,26). The number of amides is 1. The summed E-state index contributed by atoms with van der Waals surface area (Å²) in [5.74, 6) is 0.252. The van der Waals surface area contributed by atoms with Gasteiger partial charge in [-0.1, -0.05) is 53.9 Å². The van der Waals surface area contributed by atoms with Crippen molar-refractivity contribution in [2.45, 2.75) is 32.4 Å². The van der Waals surface area contributed by atoms with E-state index in [2.05, 4.69) is 22.3 Å². The molecule has 1 saturated heterocycles. The first-order valence-corrected chi connectivity index (χ1v) is 10.0. The van der Waals surface area contributed by atoms with Gasteiger partial charge in [-0.25, -0.2) is 0 Å². The zero-order chi connectivity index (χ0) is 19.1. The summed E-state index contributed by atoms with van der Waals surface area (Å²) in [6.07, 6.45) is 3.91. The van der Waals surface area contributed by atoms with Gasteiger partial charge < -0.3 is 10.1 Å². The number of carbonyl (C=O) groups excluding carboxylic acids is 1. The van der Waals surface area contributed by atoms with Crippen LogP contribution < -0.4 is 10.1 Å². The van der Waals surface area contributed by atoms with Crippen LogP contribution in [-0.2, 0) is 17.9 Å². The third-order valence-electron chi connectivity index (χ3n) is 4.59. The minimum Gasteiger partial charge on any atom is -0.482 e. The molecule has 0 aliphatic carbocycles. The number of nitrogens with one attached hydrogen (secondary N) is 1. The minimum atomic E-state index is -0.192. The van der Waals surface area contributed by atoms with Crippen LogP contribution in [0.25, 0.3) is 0 Å². The highest BCUT2D eigenvalue weighted by Gasteiger charge is 2.11. The maximum atomic E-state index is 12.1. The Kier molecular flexibility index (Phi) is 7.39. The van der Waals surface area contributed by atoms with Crippen LogP contribution in [-0.4, -0.2) is 30.5 Å². The van der Waals surface area contributed by atoms with Crippen molar-refractivity contribution in [2.24, 2.45) is 0 Å². The van der Waals surface area contributed by atoms with Gasteiger partial charge in [-0.15, -0.1) is 0 Å². The molecule has 0 bridgehead atoms. The molecule has 27 heavy (non-hydrogen) atoms. The number of benzene rings is 2. The van der Waals surface area contributed by atoms with Crippen molar-refractivity contribution in [3.8, 4) is 5.75 Å². The van der Waals surface area contributed by atoms with E-state index in [4.69, 9.17) is 27.9 Å². The van der Waals surface area contributed by atoms with Crippen molar-refractivity contribution >= 4 is 29.1 Å². The maximum absolute atomic E-state index is 12.1. The lowest BCUT2D eigenvalue weighted by Gasteiger charge is -2.26. The van der Waals surface area contributed by atoms with Crippen LogP contribution in [0.15, 0.2) is 42.5 Å². The number of halogens is 2. The second-order valence-corrected chi connectivity index (χ2v) is 7.64. The SMILES string of the molecule is O=C(COc1ccc(Cl)cc1Cl)NCc1cccc(CN2CCCCC2)c1. The van der Waals surface area contributed by atoms with Crippen molar-refractivity contribution in [1.29, 1.82) is 0 Å². The van der Waals surface area contributed by atoms with Crippen LogP contribution in [0.5, 0.6) is 5.75 Å². The molecule has 1 heterocycles. The molecule has 3 rings (SSSR count). The van der Waals surface area contributed by atoms with Gasteiger partial charge >= 0.3 is 0 Å². The lowest BCUT2D eigenvalue weighted by Crippen LogP contribution is -2.29. The van der Waals surface area contributed by atoms with Crippen molar-refractivity contribution in [2.75, 3.05) is 19.7 Å². The van der Waals surface area contributed by atoms with E-state index in [1.54, 1.807) is 18.2 Å². The fourth-order valence-electron chi connectivity index (χ4n) is 3.20. The van der Waals surface area contributed by atoms with Crippen LogP contribution in [0, 0.1) is 0 Å². The summed E-state index contributed by atoms with van der Waals surface area (Å²) in [5.41, 5.74) is 2.37. The molecule has 0 saturated carbocycles. The van der Waals surface area contributed by atoms with Crippen LogP contribution >= 0.6 is 23.2 Å². The van der Waals surface area contributed by atoms with E-state index in [1.165, 1.54) is 37.9 Å². The molecule has 0 radical (unpaired) electrons. The fourth-order valence-corrected chi connectivity index (χ4v) is 3.66. The molecule has 0 atom stereocenters. The van der Waals surface area contributed by atoms with Gasteiger partial charge in [0.05, 0.1) is 5.02 Å². The summed E-state index contributed by atoms with van der Waals surface area (Å²) in [5, 5.41) is 3.80. The fraction of sp³-hybridized carbons (Fsp3) is 0.381. The van der Waals surface area contributed by atoms with E-state index in [0.717, 1.165) is 12.1 Å². The molecule has 1 amide bonds. The van der Waals surface area contributed by atoms with Gasteiger partial charge in [-0.05, 0) is 55.3 Å². The second kappa shape index (κ2) is 9.98. The second-order valence-electron chi connectivity index (χ2n) is 6.80. The van der Waals surface area contributed by atoms with E-state index < -0.39 is 0 Å². The number of rotatable bonds is 7. The first kappa shape index (κ1) is 20.0. The Bertz CT molecular complexity index is 777. The van der Waals surface area contributed by atoms with Crippen molar-refractivity contribution < 1.29 is 9.53 Å². The molecule has 0 spiro atoms. The molecule has 1 aliphatic heterocycles. The highest BCUT2D eigenvalue weighted by Crippen LogP contribution is 2.27. The third kappa shape index (κ3) is 6.42. The molecule has 2 aromatic carbocycles. The zero-order valence-electron chi connectivity index (χ0n) is 15.2. The van der Waals surface area contributed by atoms with E-state index in [9.17, 15) is 4.79 Å². The highest BCUT2D eigenvalue weighted by molar-refractivity contribution is 6.35. The smallest absolute Gasteiger partial charge is 0.258 e. The van der Waals surface area contributed by atoms with Gasteiger partial charge in [-0.2, -0.15) is 0 Å². The predicted octanol–water partition coefficient (Wildman–Crippen LogP) is 4.67. The Balaban J connectivity index is 1.46. The summed E-state index contributed by atoms with van der Waals surface area (Å²) in [7, 11) is 0. The normalized spacial score (nSPS) is 14.7. The molecule has 1 fully saturated rings. The Morgan fingerprint density at radius 1 is 1.04 bits per heavy atom. The van der Waals surface area contributed by atoms with Gasteiger partial charge in [0.25, 0.3) is 5.91 Å². The molecule has 0 unspecified atom stereocenters. The minimum absolute atomic E-state index is 0.0885. The lowest BCUT2D eigenvalue weighted by molar-refractivity contribution is -0.123. The summed E-state index contributed by atoms with van der Waals surface area (Å²) in [6, 6.07) is 13.3. The molecular weight excluding hydrogens is 383 g/mol. The number of nitrogens with zero attached hydrogens (tertiary/aromatic N) is 1. The van der Waals surface area contributed by atoms with E-state index >= 15 is 0 Å². The maximum Gasteiger partial charge on any atom is 0.258 e. The Labute approximate surface area is 170 Å².